The van der Waals surface area contributed by atoms with E-state index in [0.717, 1.165) is 11.1 Å². The zero-order chi connectivity index (χ0) is 27.3. The summed E-state index contributed by atoms with van der Waals surface area (Å²) in [5.41, 5.74) is 1.52. The molecule has 0 bridgehead atoms. The lowest BCUT2D eigenvalue weighted by atomic mass is 10.0. The number of piperazine rings is 1. The highest BCUT2D eigenvalue weighted by Crippen LogP contribution is 2.37. The fourth-order valence-electron chi connectivity index (χ4n) is 5.18. The van der Waals surface area contributed by atoms with E-state index < -0.39 is 16.5 Å². The van der Waals surface area contributed by atoms with Gasteiger partial charge in [-0.3, -0.25) is 19.8 Å². The summed E-state index contributed by atoms with van der Waals surface area (Å²) in [6.07, 6.45) is 0. The Morgan fingerprint density at radius 3 is 2.38 bits per heavy atom. The van der Waals surface area contributed by atoms with Crippen LogP contribution in [0.25, 0.3) is 10.9 Å². The third-order valence-electron chi connectivity index (χ3n) is 7.14. The molecule has 2 aromatic heterocycles. The summed E-state index contributed by atoms with van der Waals surface area (Å²) in [5, 5.41) is 24.5. The summed E-state index contributed by atoms with van der Waals surface area (Å²) in [6.45, 7) is 8.76. The molecule has 0 unspecified atom stereocenters. The van der Waals surface area contributed by atoms with Crippen molar-refractivity contribution in [1.82, 2.24) is 30.1 Å². The smallest absolute Gasteiger partial charge is 0.269 e. The molecular weight excluding hydrogens is 504 g/mol. The number of tetrazole rings is 1. The van der Waals surface area contributed by atoms with Crippen molar-refractivity contribution in [3.8, 4) is 11.5 Å². The second-order valence-electron chi connectivity index (χ2n) is 10.7. The first-order valence-corrected chi connectivity index (χ1v) is 12.7. The number of H-pyrrole nitrogens is 1. The number of aromatic nitrogens is 5. The van der Waals surface area contributed by atoms with Crippen LogP contribution in [0.4, 0.5) is 11.4 Å². The zero-order valence-corrected chi connectivity index (χ0v) is 21.8. The average molecular weight is 533 g/mol. The minimum atomic E-state index is -0.503. The summed E-state index contributed by atoms with van der Waals surface area (Å²) in [5.74, 6) is 1.81. The molecule has 0 radical (unpaired) electrons. The maximum absolute atomic E-state index is 13.5. The fourth-order valence-corrected chi connectivity index (χ4v) is 5.18. The number of benzene rings is 2. The molecule has 1 atom stereocenters. The molecule has 4 aromatic rings. The van der Waals surface area contributed by atoms with Crippen LogP contribution in [0.5, 0.6) is 11.5 Å². The molecule has 1 fully saturated rings. The summed E-state index contributed by atoms with van der Waals surface area (Å²) in [4.78, 5) is 31.6. The number of nitrogens with one attached hydrogen (secondary N) is 1. The van der Waals surface area contributed by atoms with Gasteiger partial charge in [-0.2, -0.15) is 0 Å². The van der Waals surface area contributed by atoms with E-state index in [1.807, 2.05) is 32.9 Å². The predicted octanol–water partition coefficient (Wildman–Crippen LogP) is 2.82. The van der Waals surface area contributed by atoms with Crippen LogP contribution in [0.1, 0.15) is 38.2 Å². The number of rotatable bonds is 5. The van der Waals surface area contributed by atoms with Crippen molar-refractivity contribution in [3.05, 3.63) is 74.3 Å². The molecule has 13 nitrogen and oxygen atoms in total. The Labute approximate surface area is 223 Å². The van der Waals surface area contributed by atoms with Gasteiger partial charge in [-0.25, -0.2) is 4.68 Å². The number of ether oxygens (including phenoxy) is 2. The van der Waals surface area contributed by atoms with Crippen LogP contribution < -0.4 is 19.9 Å². The van der Waals surface area contributed by atoms with E-state index in [1.165, 1.54) is 12.1 Å². The Morgan fingerprint density at radius 2 is 1.72 bits per heavy atom. The van der Waals surface area contributed by atoms with Crippen molar-refractivity contribution in [1.29, 1.82) is 0 Å². The highest BCUT2D eigenvalue weighted by atomic mass is 16.7. The predicted molar refractivity (Wildman–Crippen MR) is 142 cm³/mol. The van der Waals surface area contributed by atoms with Crippen LogP contribution in [0.3, 0.4) is 0 Å². The molecule has 6 rings (SSSR count). The molecule has 2 aromatic carbocycles. The molecule has 202 valence electrons. The van der Waals surface area contributed by atoms with E-state index in [4.69, 9.17) is 9.47 Å². The van der Waals surface area contributed by atoms with E-state index in [2.05, 4.69) is 30.3 Å². The van der Waals surface area contributed by atoms with Crippen molar-refractivity contribution >= 4 is 22.3 Å². The molecule has 39 heavy (non-hydrogen) atoms. The molecule has 1 N–H and O–H groups in total. The Kier molecular flexibility index (Phi) is 5.94. The molecule has 4 heterocycles. The van der Waals surface area contributed by atoms with Gasteiger partial charge in [0.1, 0.15) is 6.04 Å². The largest absolute Gasteiger partial charge is 0.454 e. The van der Waals surface area contributed by atoms with Gasteiger partial charge in [-0.05, 0) is 55.5 Å². The second kappa shape index (κ2) is 9.34. The number of aromatic amines is 1. The third kappa shape index (κ3) is 4.54. The number of pyridine rings is 1. The minimum Gasteiger partial charge on any atom is -0.454 e. The van der Waals surface area contributed by atoms with E-state index in [0.29, 0.717) is 54.6 Å². The van der Waals surface area contributed by atoms with Gasteiger partial charge in [-0.15, -0.1) is 5.10 Å². The molecule has 0 aliphatic carbocycles. The SMILES string of the molecule is CC(C)(C)n1nnnc1[C@H](c1cc2cc3c(cc2[nH]c1=O)OCO3)N1CCN(c2ccc([N+](=O)[O-])cc2)CC1. The van der Waals surface area contributed by atoms with Gasteiger partial charge in [0.25, 0.3) is 11.2 Å². The number of anilines is 1. The van der Waals surface area contributed by atoms with Crippen LogP contribution >= 0.6 is 0 Å². The molecule has 0 amide bonds. The summed E-state index contributed by atoms with van der Waals surface area (Å²) >= 11 is 0. The Bertz CT molecular complexity index is 1600. The fraction of sp³-hybridized carbons (Fsp3) is 0.385. The minimum absolute atomic E-state index is 0.0598. The van der Waals surface area contributed by atoms with Crippen LogP contribution in [0.15, 0.2) is 47.3 Å². The number of hydrogen-bond acceptors (Lipinski definition) is 10. The maximum Gasteiger partial charge on any atom is 0.269 e. The highest BCUT2D eigenvalue weighted by molar-refractivity contribution is 5.83. The molecule has 2 aliphatic rings. The second-order valence-corrected chi connectivity index (χ2v) is 10.7. The quantitative estimate of drug-likeness (QED) is 0.301. The third-order valence-corrected chi connectivity index (χ3v) is 7.14. The van der Waals surface area contributed by atoms with Gasteiger partial charge >= 0.3 is 0 Å². The van der Waals surface area contributed by atoms with E-state index in [9.17, 15) is 14.9 Å². The zero-order valence-electron chi connectivity index (χ0n) is 21.8. The molecule has 0 spiro atoms. The monoisotopic (exact) mass is 532 g/mol. The van der Waals surface area contributed by atoms with Gasteiger partial charge in [0.2, 0.25) is 6.79 Å². The number of non-ortho nitro benzene ring substituents is 1. The van der Waals surface area contributed by atoms with Gasteiger partial charge in [0.15, 0.2) is 17.3 Å². The molecule has 2 aliphatic heterocycles. The summed E-state index contributed by atoms with van der Waals surface area (Å²) in [7, 11) is 0. The number of nitro benzene ring substituents is 1. The first-order chi connectivity index (χ1) is 18.7. The van der Waals surface area contributed by atoms with Crippen LogP contribution in [-0.4, -0.2) is 68.0 Å². The molecule has 1 saturated heterocycles. The van der Waals surface area contributed by atoms with Crippen molar-refractivity contribution in [2.45, 2.75) is 32.4 Å². The molecule has 0 saturated carbocycles. The molecular formula is C26H28N8O5. The van der Waals surface area contributed by atoms with E-state index in [1.54, 1.807) is 22.9 Å². The van der Waals surface area contributed by atoms with Crippen molar-refractivity contribution in [3.63, 3.8) is 0 Å². The van der Waals surface area contributed by atoms with Crippen LogP contribution in [0, 0.1) is 10.1 Å². The maximum atomic E-state index is 13.5. The Balaban J connectivity index is 1.37. The van der Waals surface area contributed by atoms with E-state index >= 15 is 0 Å². The summed E-state index contributed by atoms with van der Waals surface area (Å²) in [6, 6.07) is 11.6. The van der Waals surface area contributed by atoms with Gasteiger partial charge in [0, 0.05) is 61.0 Å². The first-order valence-electron chi connectivity index (χ1n) is 12.7. The topological polar surface area (TPSA) is 145 Å². The lowest BCUT2D eigenvalue weighted by Crippen LogP contribution is -2.49. The van der Waals surface area contributed by atoms with Gasteiger partial charge < -0.3 is 19.4 Å². The van der Waals surface area contributed by atoms with E-state index in [-0.39, 0.29) is 18.0 Å². The van der Waals surface area contributed by atoms with Crippen molar-refractivity contribution < 1.29 is 14.4 Å². The average Bonchev–Trinajstić information content (AvgIpc) is 3.58. The standard InChI is InChI=1S/C26H28N8O5/c1-26(2,3)33-24(28-29-30-33)23(19-12-16-13-21-22(39-15-38-21)14-20(16)27-25(19)35)32-10-8-31(9-11-32)17-4-6-18(7-5-17)34(36)37/h4-7,12-14,23H,8-11,15H2,1-3H3,(H,27,35)/t23-/m0/s1. The van der Waals surface area contributed by atoms with Crippen molar-refractivity contribution in [2.75, 3.05) is 37.9 Å². The first kappa shape index (κ1) is 24.8. The normalized spacial score (nSPS) is 16.5. The molecule has 13 heteroatoms. The lowest BCUT2D eigenvalue weighted by Gasteiger charge is -2.40. The Morgan fingerprint density at radius 1 is 1.03 bits per heavy atom. The number of nitrogens with zero attached hydrogens (tertiary/aromatic N) is 7. The van der Waals surface area contributed by atoms with Crippen molar-refractivity contribution in [2.24, 2.45) is 0 Å². The number of nitro groups is 1. The summed E-state index contributed by atoms with van der Waals surface area (Å²) < 4.78 is 12.8. The Hall–Kier alpha value is -4.52. The highest BCUT2D eigenvalue weighted by Gasteiger charge is 2.35. The van der Waals surface area contributed by atoms with Crippen LogP contribution in [-0.2, 0) is 5.54 Å². The van der Waals surface area contributed by atoms with Gasteiger partial charge in [0.05, 0.1) is 16.0 Å². The lowest BCUT2D eigenvalue weighted by molar-refractivity contribution is -0.384. The van der Waals surface area contributed by atoms with Crippen LogP contribution in [0.2, 0.25) is 0 Å². The number of fused-ring (bicyclic) bond motifs is 2. The number of hydrogen-bond donors (Lipinski definition) is 1. The van der Waals surface area contributed by atoms with Gasteiger partial charge in [-0.1, -0.05) is 0 Å².